The zero-order valence-electron chi connectivity index (χ0n) is 16.8. The van der Waals surface area contributed by atoms with Gasteiger partial charge in [0.1, 0.15) is 5.76 Å². The zero-order chi connectivity index (χ0) is 19.5. The second-order valence-electron chi connectivity index (χ2n) is 8.19. The van der Waals surface area contributed by atoms with Crippen molar-refractivity contribution in [1.82, 2.24) is 14.7 Å². The summed E-state index contributed by atoms with van der Waals surface area (Å²) in [5.41, 5.74) is 0.674. The molecule has 28 heavy (non-hydrogen) atoms. The molecule has 3 saturated heterocycles. The van der Waals surface area contributed by atoms with Gasteiger partial charge in [-0.05, 0) is 45.2 Å². The van der Waals surface area contributed by atoms with Crippen LogP contribution in [0.2, 0.25) is 0 Å². The van der Waals surface area contributed by atoms with Crippen LogP contribution < -0.4 is 0 Å². The second kappa shape index (κ2) is 8.66. The molecule has 1 aromatic rings. The highest BCUT2D eigenvalue weighted by atomic mass is 16.5. The van der Waals surface area contributed by atoms with E-state index in [9.17, 15) is 9.59 Å². The lowest BCUT2D eigenvalue weighted by Crippen LogP contribution is -2.53. The van der Waals surface area contributed by atoms with E-state index in [0.717, 1.165) is 65.0 Å². The lowest BCUT2D eigenvalue weighted by molar-refractivity contribution is -0.141. The first-order valence-electron chi connectivity index (χ1n) is 10.6. The number of rotatable bonds is 3. The first-order chi connectivity index (χ1) is 13.6. The fourth-order valence-electron chi connectivity index (χ4n) is 4.79. The van der Waals surface area contributed by atoms with Crippen molar-refractivity contribution in [3.05, 3.63) is 23.7 Å². The lowest BCUT2D eigenvalue weighted by atomic mass is 9.92. The van der Waals surface area contributed by atoms with E-state index >= 15 is 0 Å². The number of hydrogen-bond acceptors (Lipinski definition) is 5. The smallest absolute Gasteiger partial charge is 0.257 e. The first kappa shape index (κ1) is 19.5. The SMILES string of the molecule is Cc1occc1C(=O)N1CCC(N2CCC[C@H](C(=O)N3CCOCC3)C2)CC1. The summed E-state index contributed by atoms with van der Waals surface area (Å²) in [6.45, 7) is 8.06. The Hall–Kier alpha value is -1.86. The van der Waals surface area contributed by atoms with Crippen LogP contribution in [0.25, 0.3) is 0 Å². The molecule has 0 bridgehead atoms. The fourth-order valence-corrected chi connectivity index (χ4v) is 4.79. The Labute approximate surface area is 166 Å². The van der Waals surface area contributed by atoms with Crippen molar-refractivity contribution in [2.24, 2.45) is 5.92 Å². The van der Waals surface area contributed by atoms with E-state index < -0.39 is 0 Å². The van der Waals surface area contributed by atoms with Crippen LogP contribution in [0.15, 0.2) is 16.7 Å². The summed E-state index contributed by atoms with van der Waals surface area (Å²) in [7, 11) is 0. The minimum atomic E-state index is 0.0729. The van der Waals surface area contributed by atoms with Crippen molar-refractivity contribution in [1.29, 1.82) is 0 Å². The molecule has 0 spiro atoms. The van der Waals surface area contributed by atoms with Gasteiger partial charge in [-0.3, -0.25) is 14.5 Å². The number of morpholine rings is 1. The van der Waals surface area contributed by atoms with Crippen LogP contribution in [0.4, 0.5) is 0 Å². The third-order valence-electron chi connectivity index (χ3n) is 6.48. The fraction of sp³-hybridized carbons (Fsp3) is 0.714. The van der Waals surface area contributed by atoms with Gasteiger partial charge in [-0.25, -0.2) is 0 Å². The number of ether oxygens (including phenoxy) is 1. The normalized spacial score (nSPS) is 25.1. The van der Waals surface area contributed by atoms with Gasteiger partial charge in [0, 0.05) is 38.8 Å². The Bertz CT molecular complexity index is 690. The van der Waals surface area contributed by atoms with Gasteiger partial charge < -0.3 is 19.0 Å². The number of nitrogens with zero attached hydrogens (tertiary/aromatic N) is 3. The maximum absolute atomic E-state index is 12.9. The molecule has 0 aliphatic carbocycles. The van der Waals surface area contributed by atoms with E-state index in [1.165, 1.54) is 0 Å². The number of furan rings is 1. The molecule has 0 N–H and O–H groups in total. The molecule has 3 aliphatic heterocycles. The summed E-state index contributed by atoms with van der Waals surface area (Å²) in [6, 6.07) is 2.23. The average molecular weight is 389 g/mol. The molecule has 0 unspecified atom stereocenters. The highest BCUT2D eigenvalue weighted by Gasteiger charge is 2.34. The maximum Gasteiger partial charge on any atom is 0.257 e. The molecule has 7 nitrogen and oxygen atoms in total. The standard InChI is InChI=1S/C21H31N3O4/c1-16-19(6-12-28-16)21(26)22-8-4-18(5-9-22)24-7-2-3-17(15-24)20(25)23-10-13-27-14-11-23/h6,12,17-18H,2-5,7-11,13-15H2,1H3/t17-/m0/s1. The summed E-state index contributed by atoms with van der Waals surface area (Å²) in [6.07, 6.45) is 5.59. The summed E-state index contributed by atoms with van der Waals surface area (Å²) < 4.78 is 10.7. The number of hydrogen-bond donors (Lipinski definition) is 0. The quantitative estimate of drug-likeness (QED) is 0.788. The van der Waals surface area contributed by atoms with Crippen LogP contribution in [0.1, 0.15) is 41.8 Å². The summed E-state index contributed by atoms with van der Waals surface area (Å²) in [5, 5.41) is 0. The predicted octanol–water partition coefficient (Wildman–Crippen LogP) is 1.76. The van der Waals surface area contributed by atoms with Gasteiger partial charge in [0.05, 0.1) is 31.0 Å². The Morgan fingerprint density at radius 1 is 1.00 bits per heavy atom. The number of aryl methyl sites for hydroxylation is 1. The van der Waals surface area contributed by atoms with Gasteiger partial charge in [0.2, 0.25) is 5.91 Å². The van der Waals surface area contributed by atoms with E-state index in [1.807, 2.05) is 16.7 Å². The largest absolute Gasteiger partial charge is 0.469 e. The van der Waals surface area contributed by atoms with E-state index in [2.05, 4.69) is 4.90 Å². The molecule has 3 fully saturated rings. The Balaban J connectivity index is 1.30. The Morgan fingerprint density at radius 2 is 1.75 bits per heavy atom. The van der Waals surface area contributed by atoms with E-state index in [0.29, 0.717) is 36.5 Å². The maximum atomic E-state index is 12.9. The van der Waals surface area contributed by atoms with E-state index in [1.54, 1.807) is 12.3 Å². The second-order valence-corrected chi connectivity index (χ2v) is 8.19. The molecule has 3 aliphatic rings. The zero-order valence-corrected chi connectivity index (χ0v) is 16.8. The van der Waals surface area contributed by atoms with Crippen molar-refractivity contribution in [3.63, 3.8) is 0 Å². The number of likely N-dealkylation sites (tertiary alicyclic amines) is 2. The van der Waals surface area contributed by atoms with Gasteiger partial charge in [-0.2, -0.15) is 0 Å². The van der Waals surface area contributed by atoms with Gasteiger partial charge in [0.25, 0.3) is 5.91 Å². The topological polar surface area (TPSA) is 66.2 Å². The molecule has 1 aromatic heterocycles. The third-order valence-corrected chi connectivity index (χ3v) is 6.48. The molecule has 0 aromatic carbocycles. The van der Waals surface area contributed by atoms with Crippen LogP contribution in [0, 0.1) is 12.8 Å². The van der Waals surface area contributed by atoms with Crippen molar-refractivity contribution in [2.75, 3.05) is 52.5 Å². The molecular weight excluding hydrogens is 358 g/mol. The lowest BCUT2D eigenvalue weighted by Gasteiger charge is -2.43. The summed E-state index contributed by atoms with van der Waals surface area (Å²) >= 11 is 0. The molecule has 7 heteroatoms. The molecule has 0 saturated carbocycles. The van der Waals surface area contributed by atoms with Crippen molar-refractivity contribution < 1.29 is 18.7 Å². The monoisotopic (exact) mass is 389 g/mol. The van der Waals surface area contributed by atoms with E-state index in [-0.39, 0.29) is 11.8 Å². The van der Waals surface area contributed by atoms with Crippen LogP contribution in [-0.2, 0) is 9.53 Å². The first-order valence-corrected chi connectivity index (χ1v) is 10.6. The van der Waals surface area contributed by atoms with Gasteiger partial charge in [-0.15, -0.1) is 0 Å². The number of carbonyl (C=O) groups excluding carboxylic acids is 2. The van der Waals surface area contributed by atoms with Gasteiger partial charge in [0.15, 0.2) is 0 Å². The van der Waals surface area contributed by atoms with Gasteiger partial charge >= 0.3 is 0 Å². The van der Waals surface area contributed by atoms with Crippen molar-refractivity contribution >= 4 is 11.8 Å². The predicted molar refractivity (Wildman–Crippen MR) is 104 cm³/mol. The van der Waals surface area contributed by atoms with Crippen LogP contribution in [-0.4, -0.2) is 85.0 Å². The molecule has 1 atom stereocenters. The van der Waals surface area contributed by atoms with Crippen molar-refractivity contribution in [3.8, 4) is 0 Å². The van der Waals surface area contributed by atoms with Gasteiger partial charge in [-0.1, -0.05) is 0 Å². The Kier molecular flexibility index (Phi) is 6.01. The summed E-state index contributed by atoms with van der Waals surface area (Å²) in [4.78, 5) is 32.0. The number of amides is 2. The number of piperidine rings is 2. The van der Waals surface area contributed by atoms with Crippen LogP contribution >= 0.6 is 0 Å². The highest BCUT2D eigenvalue weighted by molar-refractivity contribution is 5.95. The molecule has 2 amide bonds. The molecule has 4 heterocycles. The number of carbonyl (C=O) groups is 2. The minimum absolute atomic E-state index is 0.0729. The average Bonchev–Trinajstić information content (AvgIpc) is 3.19. The molecule has 4 rings (SSSR count). The molecule has 0 radical (unpaired) electrons. The summed E-state index contributed by atoms with van der Waals surface area (Å²) in [5.74, 6) is 1.17. The Morgan fingerprint density at radius 3 is 2.43 bits per heavy atom. The van der Waals surface area contributed by atoms with Crippen molar-refractivity contribution in [2.45, 2.75) is 38.6 Å². The van der Waals surface area contributed by atoms with E-state index in [4.69, 9.17) is 9.15 Å². The molecular formula is C21H31N3O4. The molecule has 154 valence electrons. The van der Waals surface area contributed by atoms with Crippen LogP contribution in [0.3, 0.4) is 0 Å². The minimum Gasteiger partial charge on any atom is -0.469 e. The third kappa shape index (κ3) is 4.10. The van der Waals surface area contributed by atoms with Crippen LogP contribution in [0.5, 0.6) is 0 Å². The highest BCUT2D eigenvalue weighted by Crippen LogP contribution is 2.26.